The van der Waals surface area contributed by atoms with Crippen LogP contribution in [0.4, 0.5) is 4.79 Å². The molecule has 2 aromatic rings. The van der Waals surface area contributed by atoms with Crippen LogP contribution in [-0.4, -0.2) is 40.1 Å². The Balaban J connectivity index is 1.63. The number of fused-ring (bicyclic) bond motifs is 1. The summed E-state index contributed by atoms with van der Waals surface area (Å²) in [5.74, 6) is -1.28. The minimum atomic E-state index is -0.823. The largest absolute Gasteiger partial charge is 0.481 e. The van der Waals surface area contributed by atoms with Crippen molar-refractivity contribution in [1.29, 1.82) is 0 Å². The molecule has 0 radical (unpaired) electrons. The summed E-state index contributed by atoms with van der Waals surface area (Å²) in [7, 11) is 0. The number of aromatic amines is 1. The predicted molar refractivity (Wildman–Crippen MR) is 91.9 cm³/mol. The van der Waals surface area contributed by atoms with Crippen molar-refractivity contribution in [1.82, 2.24) is 15.2 Å². The highest BCUT2D eigenvalue weighted by molar-refractivity contribution is 5.85. The number of H-pyrrole nitrogens is 1. The molecule has 1 aromatic carbocycles. The average molecular weight is 329 g/mol. The molecule has 3 rings (SSSR count). The highest BCUT2D eigenvalue weighted by atomic mass is 16.4. The topological polar surface area (TPSA) is 85.4 Å². The van der Waals surface area contributed by atoms with Gasteiger partial charge in [-0.25, -0.2) is 4.79 Å². The molecule has 1 aliphatic heterocycles. The zero-order chi connectivity index (χ0) is 17.3. The molecule has 2 amide bonds. The predicted octanol–water partition coefficient (Wildman–Crippen LogP) is 2.79. The SMILES string of the molecule is Cc1[nH]c2ccc(CNC(=O)N3CCCC(C(=O)O)C3)cc2c1C. The molecule has 0 spiro atoms. The summed E-state index contributed by atoms with van der Waals surface area (Å²) in [6.07, 6.45) is 1.38. The van der Waals surface area contributed by atoms with Crippen molar-refractivity contribution < 1.29 is 14.7 Å². The number of carboxylic acids is 1. The summed E-state index contributed by atoms with van der Waals surface area (Å²) in [4.78, 5) is 28.3. The van der Waals surface area contributed by atoms with E-state index in [2.05, 4.69) is 23.3 Å². The van der Waals surface area contributed by atoms with Crippen LogP contribution in [0.1, 0.15) is 29.7 Å². The van der Waals surface area contributed by atoms with Gasteiger partial charge >= 0.3 is 12.0 Å². The summed E-state index contributed by atoms with van der Waals surface area (Å²) in [6, 6.07) is 5.92. The number of benzene rings is 1. The van der Waals surface area contributed by atoms with Crippen molar-refractivity contribution >= 4 is 22.9 Å². The van der Waals surface area contributed by atoms with E-state index in [1.54, 1.807) is 4.90 Å². The third kappa shape index (κ3) is 3.22. The summed E-state index contributed by atoms with van der Waals surface area (Å²) in [5, 5.41) is 13.2. The van der Waals surface area contributed by atoms with E-state index in [1.807, 2.05) is 19.1 Å². The van der Waals surface area contributed by atoms with Crippen molar-refractivity contribution in [2.24, 2.45) is 5.92 Å². The number of aryl methyl sites for hydroxylation is 2. The van der Waals surface area contributed by atoms with Crippen molar-refractivity contribution in [2.75, 3.05) is 13.1 Å². The Morgan fingerprint density at radius 3 is 2.92 bits per heavy atom. The van der Waals surface area contributed by atoms with Gasteiger partial charge in [0.2, 0.25) is 0 Å². The fraction of sp³-hybridized carbons (Fsp3) is 0.444. The first-order valence-electron chi connectivity index (χ1n) is 8.29. The van der Waals surface area contributed by atoms with Crippen LogP contribution in [0, 0.1) is 19.8 Å². The van der Waals surface area contributed by atoms with Crippen LogP contribution in [-0.2, 0) is 11.3 Å². The fourth-order valence-corrected chi connectivity index (χ4v) is 3.27. The van der Waals surface area contributed by atoms with E-state index < -0.39 is 11.9 Å². The minimum absolute atomic E-state index is 0.192. The number of likely N-dealkylation sites (tertiary alicyclic amines) is 1. The van der Waals surface area contributed by atoms with Gasteiger partial charge in [0.15, 0.2) is 0 Å². The van der Waals surface area contributed by atoms with Gasteiger partial charge in [-0.3, -0.25) is 4.79 Å². The summed E-state index contributed by atoms with van der Waals surface area (Å²) < 4.78 is 0. The number of carboxylic acid groups (broad SMARTS) is 1. The standard InChI is InChI=1S/C18H23N3O3/c1-11-12(2)20-16-6-5-13(8-15(11)16)9-19-18(24)21-7-3-4-14(10-21)17(22)23/h5-6,8,14,20H,3-4,7,9-10H2,1-2H3,(H,19,24)(H,22,23). The van der Waals surface area contributed by atoms with E-state index in [-0.39, 0.29) is 12.6 Å². The van der Waals surface area contributed by atoms with Crippen molar-refractivity contribution in [3.05, 3.63) is 35.0 Å². The van der Waals surface area contributed by atoms with Crippen LogP contribution in [0.5, 0.6) is 0 Å². The molecule has 0 bridgehead atoms. The van der Waals surface area contributed by atoms with Crippen LogP contribution < -0.4 is 5.32 Å². The molecule has 6 nitrogen and oxygen atoms in total. The quantitative estimate of drug-likeness (QED) is 0.809. The third-order valence-electron chi connectivity index (χ3n) is 4.87. The van der Waals surface area contributed by atoms with Crippen LogP contribution in [0.15, 0.2) is 18.2 Å². The molecule has 24 heavy (non-hydrogen) atoms. The Bertz CT molecular complexity index is 781. The number of amides is 2. The number of nitrogens with zero attached hydrogens (tertiary/aromatic N) is 1. The number of aromatic nitrogens is 1. The number of urea groups is 1. The maximum Gasteiger partial charge on any atom is 0.317 e. The Labute approximate surface area is 140 Å². The van der Waals surface area contributed by atoms with Crippen LogP contribution >= 0.6 is 0 Å². The highest BCUT2D eigenvalue weighted by Crippen LogP contribution is 2.22. The number of nitrogens with one attached hydrogen (secondary N) is 2. The number of hydrogen-bond donors (Lipinski definition) is 3. The number of rotatable bonds is 3. The minimum Gasteiger partial charge on any atom is -0.481 e. The van der Waals surface area contributed by atoms with Gasteiger partial charge in [0, 0.05) is 36.2 Å². The van der Waals surface area contributed by atoms with Crippen LogP contribution in [0.25, 0.3) is 10.9 Å². The molecular weight excluding hydrogens is 306 g/mol. The lowest BCUT2D eigenvalue weighted by Crippen LogP contribution is -2.46. The van der Waals surface area contributed by atoms with Crippen molar-refractivity contribution in [3.63, 3.8) is 0 Å². The van der Waals surface area contributed by atoms with Gasteiger partial charge in [-0.1, -0.05) is 6.07 Å². The fourth-order valence-electron chi connectivity index (χ4n) is 3.27. The molecule has 3 N–H and O–H groups in total. The number of piperidine rings is 1. The lowest BCUT2D eigenvalue weighted by Gasteiger charge is -2.30. The van der Waals surface area contributed by atoms with Crippen LogP contribution in [0.2, 0.25) is 0 Å². The zero-order valence-corrected chi connectivity index (χ0v) is 14.1. The molecule has 1 aromatic heterocycles. The molecule has 1 saturated heterocycles. The number of hydrogen-bond acceptors (Lipinski definition) is 2. The molecule has 2 heterocycles. The van der Waals surface area contributed by atoms with Crippen molar-refractivity contribution in [2.45, 2.75) is 33.2 Å². The lowest BCUT2D eigenvalue weighted by molar-refractivity contribution is -0.143. The molecular formula is C18H23N3O3. The number of carbonyl (C=O) groups excluding carboxylic acids is 1. The summed E-state index contributed by atoms with van der Waals surface area (Å²) >= 11 is 0. The van der Waals surface area contributed by atoms with Crippen molar-refractivity contribution in [3.8, 4) is 0 Å². The van der Waals surface area contributed by atoms with E-state index in [9.17, 15) is 9.59 Å². The molecule has 0 saturated carbocycles. The number of aliphatic carboxylic acids is 1. The van der Waals surface area contributed by atoms with Gasteiger partial charge in [-0.2, -0.15) is 0 Å². The van der Waals surface area contributed by atoms with Gasteiger partial charge in [-0.15, -0.1) is 0 Å². The Morgan fingerprint density at radius 2 is 2.17 bits per heavy atom. The molecule has 1 fully saturated rings. The summed E-state index contributed by atoms with van der Waals surface area (Å²) in [5.41, 5.74) is 4.50. The Morgan fingerprint density at radius 1 is 1.38 bits per heavy atom. The van der Waals surface area contributed by atoms with E-state index >= 15 is 0 Å². The average Bonchev–Trinajstić information content (AvgIpc) is 2.87. The Hall–Kier alpha value is -2.50. The molecule has 1 atom stereocenters. The maximum atomic E-state index is 12.3. The molecule has 1 aliphatic rings. The van der Waals surface area contributed by atoms with Gasteiger partial charge in [0.05, 0.1) is 5.92 Å². The third-order valence-corrected chi connectivity index (χ3v) is 4.87. The first kappa shape index (κ1) is 16.4. The first-order valence-corrected chi connectivity index (χ1v) is 8.29. The molecule has 0 aliphatic carbocycles. The normalized spacial score (nSPS) is 17.9. The second-order valence-corrected chi connectivity index (χ2v) is 6.54. The van der Waals surface area contributed by atoms with Gasteiger partial charge in [0.1, 0.15) is 0 Å². The maximum absolute atomic E-state index is 12.3. The Kier molecular flexibility index (Phi) is 4.46. The monoisotopic (exact) mass is 329 g/mol. The lowest BCUT2D eigenvalue weighted by atomic mass is 9.99. The molecule has 6 heteroatoms. The van der Waals surface area contributed by atoms with E-state index in [0.29, 0.717) is 19.5 Å². The molecule has 1 unspecified atom stereocenters. The second-order valence-electron chi connectivity index (χ2n) is 6.54. The second kappa shape index (κ2) is 6.55. The summed E-state index contributed by atoms with van der Waals surface area (Å²) in [6.45, 7) is 5.47. The highest BCUT2D eigenvalue weighted by Gasteiger charge is 2.27. The van der Waals surface area contributed by atoms with E-state index in [0.717, 1.165) is 23.2 Å². The smallest absolute Gasteiger partial charge is 0.317 e. The molecule has 128 valence electrons. The van der Waals surface area contributed by atoms with Crippen LogP contribution in [0.3, 0.4) is 0 Å². The first-order chi connectivity index (χ1) is 11.5. The van der Waals surface area contributed by atoms with E-state index in [1.165, 1.54) is 10.9 Å². The van der Waals surface area contributed by atoms with E-state index in [4.69, 9.17) is 5.11 Å². The van der Waals surface area contributed by atoms with Gasteiger partial charge in [-0.05, 0) is 49.9 Å². The number of carbonyl (C=O) groups is 2. The zero-order valence-electron chi connectivity index (χ0n) is 14.1. The van der Waals surface area contributed by atoms with Gasteiger partial charge < -0.3 is 20.3 Å². The van der Waals surface area contributed by atoms with Gasteiger partial charge in [0.25, 0.3) is 0 Å².